The van der Waals surface area contributed by atoms with Gasteiger partial charge in [0.05, 0.1) is 17.6 Å². The van der Waals surface area contributed by atoms with Crippen molar-refractivity contribution in [3.05, 3.63) is 63.9 Å². The van der Waals surface area contributed by atoms with Gasteiger partial charge in [-0.3, -0.25) is 9.59 Å². The number of carbonyl (C=O) groups is 2. The van der Waals surface area contributed by atoms with Gasteiger partial charge in [0.25, 0.3) is 0 Å². The number of rotatable bonds is 7. The molecule has 0 unspecified atom stereocenters. The molecule has 2 rings (SSSR count). The highest BCUT2D eigenvalue weighted by Crippen LogP contribution is 2.28. The first-order valence-corrected chi connectivity index (χ1v) is 8.61. The van der Waals surface area contributed by atoms with Crippen molar-refractivity contribution >= 4 is 27.6 Å². The zero-order valence-electron chi connectivity index (χ0n) is 14.0. The first-order chi connectivity index (χ1) is 11.9. The Bertz CT molecular complexity index is 762. The molecule has 0 heterocycles. The van der Waals surface area contributed by atoms with Crippen LogP contribution in [0.5, 0.6) is 5.75 Å². The molecule has 0 aromatic heterocycles. The molecule has 0 aliphatic rings. The number of ether oxygens (including phenoxy) is 1. The summed E-state index contributed by atoms with van der Waals surface area (Å²) in [5.41, 5.74) is 1.33. The maximum Gasteiger partial charge on any atom is 0.220 e. The number of Topliss-reactive ketones (excluding diaryl/α,β-unsaturated/α-hetero) is 1. The molecule has 0 radical (unpaired) electrons. The smallest absolute Gasteiger partial charge is 0.220 e. The van der Waals surface area contributed by atoms with Crippen LogP contribution >= 0.6 is 15.9 Å². The quantitative estimate of drug-likeness (QED) is 0.690. The number of benzene rings is 2. The molecule has 1 N–H and O–H groups in total. The second kappa shape index (κ2) is 8.76. The summed E-state index contributed by atoms with van der Waals surface area (Å²) in [7, 11) is 1.59. The van der Waals surface area contributed by atoms with E-state index in [1.165, 1.54) is 24.3 Å². The predicted octanol–water partition coefficient (Wildman–Crippen LogP) is 4.44. The summed E-state index contributed by atoms with van der Waals surface area (Å²) >= 11 is 3.41. The number of halogens is 2. The van der Waals surface area contributed by atoms with Crippen LogP contribution in [0.15, 0.2) is 46.9 Å². The van der Waals surface area contributed by atoms with E-state index in [9.17, 15) is 14.0 Å². The highest BCUT2D eigenvalue weighted by Gasteiger charge is 2.14. The molecule has 6 heteroatoms. The van der Waals surface area contributed by atoms with E-state index < -0.39 is 5.82 Å². The molecule has 0 saturated heterocycles. The second-order valence-corrected chi connectivity index (χ2v) is 6.47. The van der Waals surface area contributed by atoms with Crippen LogP contribution in [0.4, 0.5) is 4.39 Å². The van der Waals surface area contributed by atoms with Gasteiger partial charge in [-0.25, -0.2) is 4.39 Å². The Morgan fingerprint density at radius 2 is 1.84 bits per heavy atom. The number of hydrogen-bond donors (Lipinski definition) is 1. The Morgan fingerprint density at radius 3 is 2.44 bits per heavy atom. The lowest BCUT2D eigenvalue weighted by Crippen LogP contribution is -2.27. The van der Waals surface area contributed by atoms with Crippen molar-refractivity contribution in [2.45, 2.75) is 25.8 Å². The third-order valence-electron chi connectivity index (χ3n) is 3.80. The van der Waals surface area contributed by atoms with Gasteiger partial charge in [-0.15, -0.1) is 0 Å². The molecule has 2 aromatic carbocycles. The van der Waals surface area contributed by atoms with E-state index in [0.29, 0.717) is 11.3 Å². The van der Waals surface area contributed by atoms with Gasteiger partial charge in [-0.05, 0) is 64.8 Å². The molecule has 0 bridgehead atoms. The van der Waals surface area contributed by atoms with Gasteiger partial charge in [0, 0.05) is 18.4 Å². The van der Waals surface area contributed by atoms with Crippen LogP contribution in [-0.4, -0.2) is 18.8 Å². The van der Waals surface area contributed by atoms with E-state index in [-0.39, 0.29) is 30.6 Å². The molecular weight excluding hydrogens is 389 g/mol. The lowest BCUT2D eigenvalue weighted by molar-refractivity contribution is -0.121. The van der Waals surface area contributed by atoms with Crippen molar-refractivity contribution in [2.24, 2.45) is 0 Å². The fourth-order valence-corrected chi connectivity index (χ4v) is 2.91. The van der Waals surface area contributed by atoms with Crippen LogP contribution in [0.1, 0.15) is 41.7 Å². The summed E-state index contributed by atoms with van der Waals surface area (Å²) in [6.07, 6.45) is 0.161. The minimum Gasteiger partial charge on any atom is -0.496 e. The van der Waals surface area contributed by atoms with Crippen molar-refractivity contribution in [3.63, 3.8) is 0 Å². The Morgan fingerprint density at radius 1 is 1.16 bits per heavy atom. The number of amides is 1. The standard InChI is InChI=1S/C19H19BrFNO3/c1-12(14-5-9-18(25-2)16(20)11-14)22-19(24)10-8-17(23)13-3-6-15(21)7-4-13/h3-7,9,11-12H,8,10H2,1-2H3,(H,22,24)/t12-/m0/s1. The maximum absolute atomic E-state index is 12.9. The average Bonchev–Trinajstić information content (AvgIpc) is 2.60. The second-order valence-electron chi connectivity index (χ2n) is 5.61. The molecule has 0 spiro atoms. The molecule has 25 heavy (non-hydrogen) atoms. The van der Waals surface area contributed by atoms with Gasteiger partial charge in [0.1, 0.15) is 11.6 Å². The van der Waals surface area contributed by atoms with Gasteiger partial charge in [0.2, 0.25) is 5.91 Å². The SMILES string of the molecule is COc1ccc([C@H](C)NC(=O)CCC(=O)c2ccc(F)cc2)cc1Br. The molecule has 0 aliphatic carbocycles. The summed E-state index contributed by atoms with van der Waals surface area (Å²) in [5, 5.41) is 2.86. The van der Waals surface area contributed by atoms with Crippen molar-refractivity contribution in [2.75, 3.05) is 7.11 Å². The molecule has 0 saturated carbocycles. The van der Waals surface area contributed by atoms with E-state index in [1.807, 2.05) is 25.1 Å². The van der Waals surface area contributed by atoms with Crippen molar-refractivity contribution < 1.29 is 18.7 Å². The molecule has 2 aromatic rings. The number of nitrogens with one attached hydrogen (secondary N) is 1. The molecule has 4 nitrogen and oxygen atoms in total. The van der Waals surface area contributed by atoms with Gasteiger partial charge < -0.3 is 10.1 Å². The third-order valence-corrected chi connectivity index (χ3v) is 4.42. The Hall–Kier alpha value is -2.21. The monoisotopic (exact) mass is 407 g/mol. The summed E-state index contributed by atoms with van der Waals surface area (Å²) in [5.74, 6) is -0.0779. The Balaban J connectivity index is 1.88. The highest BCUT2D eigenvalue weighted by atomic mass is 79.9. The lowest BCUT2D eigenvalue weighted by Gasteiger charge is -2.15. The minimum absolute atomic E-state index is 0.0799. The largest absolute Gasteiger partial charge is 0.496 e. The summed E-state index contributed by atoms with van der Waals surface area (Å²) in [6.45, 7) is 1.87. The summed E-state index contributed by atoms with van der Waals surface area (Å²) in [4.78, 5) is 24.1. The van der Waals surface area contributed by atoms with E-state index in [0.717, 1.165) is 10.0 Å². The van der Waals surface area contributed by atoms with E-state index in [4.69, 9.17) is 4.74 Å². The molecule has 0 aliphatic heterocycles. The van der Waals surface area contributed by atoms with Crippen LogP contribution in [0.25, 0.3) is 0 Å². The predicted molar refractivity (Wildman–Crippen MR) is 97.2 cm³/mol. The van der Waals surface area contributed by atoms with Gasteiger partial charge >= 0.3 is 0 Å². The normalized spacial score (nSPS) is 11.7. The molecule has 1 atom stereocenters. The van der Waals surface area contributed by atoms with Crippen LogP contribution in [-0.2, 0) is 4.79 Å². The number of methoxy groups -OCH3 is 1. The van der Waals surface area contributed by atoms with Crippen LogP contribution in [0.2, 0.25) is 0 Å². The maximum atomic E-state index is 12.9. The third kappa shape index (κ3) is 5.39. The average molecular weight is 408 g/mol. The van der Waals surface area contributed by atoms with E-state index in [1.54, 1.807) is 7.11 Å². The first kappa shape index (κ1) is 19.1. The van der Waals surface area contributed by atoms with Crippen molar-refractivity contribution in [1.82, 2.24) is 5.32 Å². The van der Waals surface area contributed by atoms with E-state index >= 15 is 0 Å². The lowest BCUT2D eigenvalue weighted by atomic mass is 10.1. The zero-order chi connectivity index (χ0) is 18.4. The zero-order valence-corrected chi connectivity index (χ0v) is 15.6. The Labute approximate surface area is 154 Å². The molecule has 1 amide bonds. The minimum atomic E-state index is -0.395. The van der Waals surface area contributed by atoms with Crippen molar-refractivity contribution in [1.29, 1.82) is 0 Å². The first-order valence-electron chi connectivity index (χ1n) is 7.82. The van der Waals surface area contributed by atoms with Crippen LogP contribution in [0, 0.1) is 5.82 Å². The highest BCUT2D eigenvalue weighted by molar-refractivity contribution is 9.10. The number of hydrogen-bond acceptors (Lipinski definition) is 3. The van der Waals surface area contributed by atoms with Crippen molar-refractivity contribution in [3.8, 4) is 5.75 Å². The Kier molecular flexibility index (Phi) is 6.70. The topological polar surface area (TPSA) is 55.4 Å². The fourth-order valence-electron chi connectivity index (χ4n) is 2.36. The van der Waals surface area contributed by atoms with Crippen LogP contribution < -0.4 is 10.1 Å². The number of carbonyl (C=O) groups excluding carboxylic acids is 2. The van der Waals surface area contributed by atoms with Gasteiger partial charge in [-0.1, -0.05) is 6.07 Å². The molecule has 132 valence electrons. The van der Waals surface area contributed by atoms with Gasteiger partial charge in [-0.2, -0.15) is 0 Å². The molecule has 0 fully saturated rings. The molecular formula is C19H19BrFNO3. The van der Waals surface area contributed by atoms with E-state index in [2.05, 4.69) is 21.2 Å². The summed E-state index contributed by atoms with van der Waals surface area (Å²) in [6, 6.07) is 10.7. The summed E-state index contributed by atoms with van der Waals surface area (Å²) < 4.78 is 18.8. The van der Waals surface area contributed by atoms with Gasteiger partial charge in [0.15, 0.2) is 5.78 Å². The number of ketones is 1. The fraction of sp³-hybridized carbons (Fsp3) is 0.263. The van der Waals surface area contributed by atoms with Crippen LogP contribution in [0.3, 0.4) is 0 Å².